The Labute approximate surface area is 80.3 Å². The molecule has 68 valence electrons. The highest BCUT2D eigenvalue weighted by molar-refractivity contribution is 9.10. The molecule has 0 fully saturated rings. The lowest BCUT2D eigenvalue weighted by molar-refractivity contribution is 0.478. The van der Waals surface area contributed by atoms with E-state index in [9.17, 15) is 0 Å². The molecule has 5 heteroatoms. The number of hydrogen-bond donors (Lipinski definition) is 1. The number of nitrogens with two attached hydrogens (primary N) is 1. The van der Waals surface area contributed by atoms with E-state index in [4.69, 9.17) is 5.73 Å². The molecule has 0 bridgehead atoms. The van der Waals surface area contributed by atoms with Gasteiger partial charge >= 0.3 is 0 Å². The molecule has 0 aliphatic heterocycles. The van der Waals surface area contributed by atoms with E-state index >= 15 is 0 Å². The summed E-state index contributed by atoms with van der Waals surface area (Å²) in [6, 6.07) is -0.0145. The first-order valence-electron chi connectivity index (χ1n) is 3.84. The maximum absolute atomic E-state index is 5.95. The summed E-state index contributed by atoms with van der Waals surface area (Å²) in [5, 5.41) is 7.73. The molecule has 0 aliphatic carbocycles. The van der Waals surface area contributed by atoms with Crippen molar-refractivity contribution in [2.45, 2.75) is 19.9 Å². The molecular formula is C7H13BrN4. The fraction of sp³-hybridized carbons (Fsp3) is 0.714. The van der Waals surface area contributed by atoms with Gasteiger partial charge < -0.3 is 5.73 Å². The van der Waals surface area contributed by atoms with Crippen LogP contribution in [0.25, 0.3) is 0 Å². The van der Waals surface area contributed by atoms with Crippen LogP contribution in [0, 0.1) is 5.92 Å². The third-order valence-corrected chi connectivity index (χ3v) is 2.43. The molecule has 0 saturated heterocycles. The summed E-state index contributed by atoms with van der Waals surface area (Å²) in [6.45, 7) is 4.15. The molecule has 0 aliphatic rings. The summed E-state index contributed by atoms with van der Waals surface area (Å²) in [5.41, 5.74) is 6.90. The molecule has 0 radical (unpaired) electrons. The van der Waals surface area contributed by atoms with Gasteiger partial charge in [-0.25, -0.2) is 4.68 Å². The van der Waals surface area contributed by atoms with Crippen LogP contribution in [-0.4, -0.2) is 15.0 Å². The van der Waals surface area contributed by atoms with Crippen molar-refractivity contribution in [1.82, 2.24) is 15.0 Å². The van der Waals surface area contributed by atoms with Crippen LogP contribution in [0.5, 0.6) is 0 Å². The average Bonchev–Trinajstić information content (AvgIpc) is 2.30. The number of nitrogens with zero attached hydrogens (tertiary/aromatic N) is 3. The van der Waals surface area contributed by atoms with Gasteiger partial charge in [0.1, 0.15) is 0 Å². The number of hydrogen-bond acceptors (Lipinski definition) is 3. The van der Waals surface area contributed by atoms with Gasteiger partial charge in [-0.1, -0.05) is 19.1 Å². The van der Waals surface area contributed by atoms with Crippen molar-refractivity contribution in [2.75, 3.05) is 0 Å². The van der Waals surface area contributed by atoms with E-state index in [0.29, 0.717) is 5.92 Å². The predicted molar refractivity (Wildman–Crippen MR) is 50.5 cm³/mol. The van der Waals surface area contributed by atoms with Crippen molar-refractivity contribution in [3.8, 4) is 0 Å². The molecule has 1 rings (SSSR count). The van der Waals surface area contributed by atoms with Crippen LogP contribution in [0.15, 0.2) is 4.60 Å². The van der Waals surface area contributed by atoms with E-state index in [1.54, 1.807) is 4.68 Å². The summed E-state index contributed by atoms with van der Waals surface area (Å²) < 4.78 is 2.44. The summed E-state index contributed by atoms with van der Waals surface area (Å²) in [6.07, 6.45) is 0. The lowest BCUT2D eigenvalue weighted by Gasteiger charge is -2.15. The number of aryl methyl sites for hydroxylation is 1. The van der Waals surface area contributed by atoms with Gasteiger partial charge in [0.15, 0.2) is 4.60 Å². The Morgan fingerprint density at radius 1 is 1.50 bits per heavy atom. The molecule has 0 aromatic carbocycles. The van der Waals surface area contributed by atoms with Crippen molar-refractivity contribution in [3.05, 3.63) is 10.3 Å². The SMILES string of the molecule is CC(C)C(N)c1c(Br)nnn1C. The van der Waals surface area contributed by atoms with Crippen molar-refractivity contribution < 1.29 is 0 Å². The third kappa shape index (κ3) is 1.67. The number of rotatable bonds is 2. The first-order chi connectivity index (χ1) is 5.54. The standard InChI is InChI=1S/C7H13BrN4/c1-4(2)5(9)6-7(8)10-11-12(6)3/h4-5H,9H2,1-3H3. The second-order valence-electron chi connectivity index (χ2n) is 3.16. The summed E-state index contributed by atoms with van der Waals surface area (Å²) >= 11 is 3.31. The smallest absolute Gasteiger partial charge is 0.153 e. The maximum atomic E-state index is 5.95. The van der Waals surface area contributed by atoms with Gasteiger partial charge in [0.05, 0.1) is 11.7 Å². The molecule has 0 spiro atoms. The monoisotopic (exact) mass is 232 g/mol. The van der Waals surface area contributed by atoms with Crippen LogP contribution >= 0.6 is 15.9 Å². The van der Waals surface area contributed by atoms with Gasteiger partial charge in [0.25, 0.3) is 0 Å². The van der Waals surface area contributed by atoms with Crippen LogP contribution in [-0.2, 0) is 7.05 Å². The first-order valence-corrected chi connectivity index (χ1v) is 4.64. The van der Waals surface area contributed by atoms with Crippen LogP contribution in [0.3, 0.4) is 0 Å². The predicted octanol–water partition coefficient (Wildman–Crippen LogP) is 1.23. The van der Waals surface area contributed by atoms with Crippen molar-refractivity contribution in [2.24, 2.45) is 18.7 Å². The third-order valence-electron chi connectivity index (χ3n) is 1.86. The molecule has 2 N–H and O–H groups in total. The first kappa shape index (κ1) is 9.67. The number of aromatic nitrogens is 3. The largest absolute Gasteiger partial charge is 0.322 e. The highest BCUT2D eigenvalue weighted by Crippen LogP contribution is 2.23. The van der Waals surface area contributed by atoms with Crippen LogP contribution in [0.4, 0.5) is 0 Å². The Hall–Kier alpha value is -0.420. The van der Waals surface area contributed by atoms with Gasteiger partial charge in [-0.2, -0.15) is 0 Å². The second-order valence-corrected chi connectivity index (χ2v) is 3.91. The van der Waals surface area contributed by atoms with Crippen molar-refractivity contribution in [3.63, 3.8) is 0 Å². The topological polar surface area (TPSA) is 56.7 Å². The minimum Gasteiger partial charge on any atom is -0.322 e. The Kier molecular flexibility index (Phi) is 2.85. The quantitative estimate of drug-likeness (QED) is 0.835. The van der Waals surface area contributed by atoms with Gasteiger partial charge in [0, 0.05) is 7.05 Å². The van der Waals surface area contributed by atoms with E-state index in [1.165, 1.54) is 0 Å². The van der Waals surface area contributed by atoms with Crippen LogP contribution in [0.1, 0.15) is 25.6 Å². The van der Waals surface area contributed by atoms with Crippen molar-refractivity contribution in [1.29, 1.82) is 0 Å². The Morgan fingerprint density at radius 2 is 2.08 bits per heavy atom. The molecular weight excluding hydrogens is 220 g/mol. The van der Waals surface area contributed by atoms with Gasteiger partial charge in [-0.15, -0.1) is 5.10 Å². The molecule has 1 heterocycles. The fourth-order valence-corrected chi connectivity index (χ4v) is 1.60. The Balaban J connectivity index is 3.00. The Bertz CT molecular complexity index is 249. The average molecular weight is 233 g/mol. The zero-order valence-electron chi connectivity index (χ0n) is 7.45. The highest BCUT2D eigenvalue weighted by Gasteiger charge is 2.18. The molecule has 1 unspecified atom stereocenters. The summed E-state index contributed by atoms with van der Waals surface area (Å²) in [5.74, 6) is 0.387. The van der Waals surface area contributed by atoms with Crippen LogP contribution in [0.2, 0.25) is 0 Å². The van der Waals surface area contributed by atoms with Gasteiger partial charge in [-0.05, 0) is 21.8 Å². The minimum absolute atomic E-state index is 0.0145. The second kappa shape index (κ2) is 3.53. The van der Waals surface area contributed by atoms with Gasteiger partial charge in [0.2, 0.25) is 0 Å². The van der Waals surface area contributed by atoms with Crippen molar-refractivity contribution >= 4 is 15.9 Å². The molecule has 1 aromatic rings. The lowest BCUT2D eigenvalue weighted by atomic mass is 10.0. The zero-order chi connectivity index (χ0) is 9.30. The minimum atomic E-state index is -0.0145. The summed E-state index contributed by atoms with van der Waals surface area (Å²) in [7, 11) is 1.84. The molecule has 12 heavy (non-hydrogen) atoms. The highest BCUT2D eigenvalue weighted by atomic mass is 79.9. The normalized spacial score (nSPS) is 13.8. The number of halogens is 1. The Morgan fingerprint density at radius 3 is 2.42 bits per heavy atom. The van der Waals surface area contributed by atoms with Gasteiger partial charge in [-0.3, -0.25) is 0 Å². The van der Waals surface area contributed by atoms with E-state index < -0.39 is 0 Å². The lowest BCUT2D eigenvalue weighted by Crippen LogP contribution is -2.20. The molecule has 0 amide bonds. The summed E-state index contributed by atoms with van der Waals surface area (Å²) in [4.78, 5) is 0. The molecule has 1 atom stereocenters. The molecule has 0 saturated carbocycles. The van der Waals surface area contributed by atoms with Crippen LogP contribution < -0.4 is 5.73 Å². The van der Waals surface area contributed by atoms with E-state index in [2.05, 4.69) is 40.1 Å². The molecule has 4 nitrogen and oxygen atoms in total. The molecule has 1 aromatic heterocycles. The zero-order valence-corrected chi connectivity index (χ0v) is 9.04. The fourth-order valence-electron chi connectivity index (χ4n) is 1.01. The maximum Gasteiger partial charge on any atom is 0.153 e. The van der Waals surface area contributed by atoms with E-state index in [0.717, 1.165) is 10.3 Å². The van der Waals surface area contributed by atoms with E-state index in [1.807, 2.05) is 7.05 Å². The van der Waals surface area contributed by atoms with E-state index in [-0.39, 0.29) is 6.04 Å².